The van der Waals surface area contributed by atoms with Gasteiger partial charge in [0.2, 0.25) is 5.88 Å². The van der Waals surface area contributed by atoms with Gasteiger partial charge in [-0.3, -0.25) is 4.98 Å². The van der Waals surface area contributed by atoms with Crippen molar-refractivity contribution < 1.29 is 9.47 Å². The molecule has 1 rings (SSSR count). The zero-order valence-corrected chi connectivity index (χ0v) is 10.9. The molecule has 0 aliphatic heterocycles. The predicted molar refractivity (Wildman–Crippen MR) is 67.8 cm³/mol. The molecule has 0 aliphatic carbocycles. The summed E-state index contributed by atoms with van der Waals surface area (Å²) in [5.74, 6) is 1.75. The van der Waals surface area contributed by atoms with E-state index in [9.17, 15) is 0 Å². The van der Waals surface area contributed by atoms with E-state index in [4.69, 9.17) is 21.1 Å². The van der Waals surface area contributed by atoms with Crippen molar-refractivity contribution >= 4 is 17.4 Å². The first-order valence-corrected chi connectivity index (χ1v) is 6.09. The Hall–Kier alpha value is -1.07. The fourth-order valence-electron chi connectivity index (χ4n) is 1.37. The minimum Gasteiger partial charge on any atom is -0.477 e. The maximum atomic E-state index is 5.72. The van der Waals surface area contributed by atoms with Crippen LogP contribution < -0.4 is 10.1 Å². The Morgan fingerprint density at radius 1 is 1.47 bits per heavy atom. The number of rotatable bonds is 8. The molecule has 96 valence electrons. The van der Waals surface area contributed by atoms with E-state index in [2.05, 4.69) is 15.3 Å². The van der Waals surface area contributed by atoms with Crippen molar-refractivity contribution in [3.63, 3.8) is 0 Å². The molecule has 0 radical (unpaired) electrons. The molecule has 0 fully saturated rings. The van der Waals surface area contributed by atoms with E-state index in [0.29, 0.717) is 30.8 Å². The molecule has 0 saturated heterocycles. The molecule has 0 spiro atoms. The summed E-state index contributed by atoms with van der Waals surface area (Å²) >= 11 is 5.72. The van der Waals surface area contributed by atoms with E-state index >= 15 is 0 Å². The fraction of sp³-hybridized carbons (Fsp3) is 0.636. The van der Waals surface area contributed by atoms with Crippen LogP contribution in [0.3, 0.4) is 0 Å². The summed E-state index contributed by atoms with van der Waals surface area (Å²) in [4.78, 5) is 8.33. The summed E-state index contributed by atoms with van der Waals surface area (Å²) in [5, 5.41) is 3.22. The molecule has 0 saturated carbocycles. The van der Waals surface area contributed by atoms with E-state index in [1.54, 1.807) is 19.5 Å². The van der Waals surface area contributed by atoms with E-state index in [1.807, 2.05) is 6.92 Å². The molecule has 5 nitrogen and oxygen atoms in total. The second kappa shape index (κ2) is 8.08. The fourth-order valence-corrected chi connectivity index (χ4v) is 1.64. The number of ether oxygens (including phenoxy) is 2. The third kappa shape index (κ3) is 5.19. The van der Waals surface area contributed by atoms with Gasteiger partial charge in [-0.2, -0.15) is 4.98 Å². The highest BCUT2D eigenvalue weighted by Gasteiger charge is 2.09. The van der Waals surface area contributed by atoms with Crippen LogP contribution in [0.25, 0.3) is 0 Å². The molecule has 17 heavy (non-hydrogen) atoms. The number of hydrogen-bond donors (Lipinski definition) is 1. The SMILES string of the molecule is CCOc1cncc(NC(CCCl)COC)n1. The Balaban J connectivity index is 2.60. The Bertz CT molecular complexity index is 319. The van der Waals surface area contributed by atoms with Gasteiger partial charge < -0.3 is 14.8 Å². The minimum absolute atomic E-state index is 0.128. The number of alkyl halides is 1. The molecule has 1 N–H and O–H groups in total. The van der Waals surface area contributed by atoms with Gasteiger partial charge in [0.15, 0.2) is 0 Å². The average Bonchev–Trinajstić information content (AvgIpc) is 2.30. The second-order valence-corrected chi connectivity index (χ2v) is 3.83. The Morgan fingerprint density at radius 3 is 2.94 bits per heavy atom. The number of nitrogens with zero attached hydrogens (tertiary/aromatic N) is 2. The molecule has 0 bridgehead atoms. The lowest BCUT2D eigenvalue weighted by Gasteiger charge is -2.17. The Kier molecular flexibility index (Phi) is 6.65. The van der Waals surface area contributed by atoms with E-state index in [-0.39, 0.29) is 6.04 Å². The summed E-state index contributed by atoms with van der Waals surface area (Å²) in [6.07, 6.45) is 4.04. The molecule has 1 heterocycles. The number of anilines is 1. The average molecular weight is 260 g/mol. The first kappa shape index (κ1) is 14.0. The van der Waals surface area contributed by atoms with Gasteiger partial charge in [0, 0.05) is 13.0 Å². The molecule has 1 aromatic rings. The van der Waals surface area contributed by atoms with Crippen molar-refractivity contribution in [1.82, 2.24) is 9.97 Å². The van der Waals surface area contributed by atoms with Gasteiger partial charge in [-0.1, -0.05) is 0 Å². The van der Waals surface area contributed by atoms with Crippen molar-refractivity contribution in [3.05, 3.63) is 12.4 Å². The second-order valence-electron chi connectivity index (χ2n) is 3.45. The summed E-state index contributed by atoms with van der Waals surface area (Å²) in [7, 11) is 1.66. The molecular formula is C11H18ClN3O2. The number of aromatic nitrogens is 2. The third-order valence-corrected chi connectivity index (χ3v) is 2.30. The maximum absolute atomic E-state index is 5.72. The number of hydrogen-bond acceptors (Lipinski definition) is 5. The van der Waals surface area contributed by atoms with Gasteiger partial charge in [0.1, 0.15) is 5.82 Å². The molecule has 0 amide bonds. The number of nitrogens with one attached hydrogen (secondary N) is 1. The highest BCUT2D eigenvalue weighted by atomic mass is 35.5. The predicted octanol–water partition coefficient (Wildman–Crippen LogP) is 1.93. The molecule has 0 aromatic carbocycles. The Labute approximate surface area is 107 Å². The van der Waals surface area contributed by atoms with Crippen molar-refractivity contribution in [2.45, 2.75) is 19.4 Å². The van der Waals surface area contributed by atoms with E-state index < -0.39 is 0 Å². The van der Waals surface area contributed by atoms with Crippen molar-refractivity contribution in [3.8, 4) is 5.88 Å². The topological polar surface area (TPSA) is 56.3 Å². The maximum Gasteiger partial charge on any atom is 0.234 e. The van der Waals surface area contributed by atoms with Gasteiger partial charge in [-0.25, -0.2) is 0 Å². The summed E-state index contributed by atoms with van der Waals surface area (Å²) in [5.41, 5.74) is 0. The molecule has 6 heteroatoms. The van der Waals surface area contributed by atoms with E-state index in [1.165, 1.54) is 0 Å². The van der Waals surface area contributed by atoms with Crippen LogP contribution in [0.4, 0.5) is 5.82 Å². The molecule has 1 atom stereocenters. The van der Waals surface area contributed by atoms with Crippen LogP contribution in [0.2, 0.25) is 0 Å². The zero-order valence-electron chi connectivity index (χ0n) is 10.1. The quantitative estimate of drug-likeness (QED) is 0.723. The molecular weight excluding hydrogens is 242 g/mol. The van der Waals surface area contributed by atoms with Crippen LogP contribution in [-0.4, -0.2) is 42.2 Å². The van der Waals surface area contributed by atoms with E-state index in [0.717, 1.165) is 6.42 Å². The summed E-state index contributed by atoms with van der Waals surface area (Å²) < 4.78 is 10.4. The summed E-state index contributed by atoms with van der Waals surface area (Å²) in [6, 6.07) is 0.128. The van der Waals surface area contributed by atoms with Crippen molar-refractivity contribution in [2.24, 2.45) is 0 Å². The summed E-state index contributed by atoms with van der Waals surface area (Å²) in [6.45, 7) is 3.05. The first-order valence-electron chi connectivity index (χ1n) is 5.56. The number of halogens is 1. The third-order valence-electron chi connectivity index (χ3n) is 2.08. The standard InChI is InChI=1S/C11H18ClN3O2/c1-3-17-11-7-13-6-10(15-11)14-9(4-5-12)8-16-2/h6-7,9H,3-5,8H2,1-2H3,(H,14,15). The van der Waals surface area contributed by atoms with Crippen LogP contribution in [-0.2, 0) is 4.74 Å². The van der Waals surface area contributed by atoms with Crippen LogP contribution in [0.1, 0.15) is 13.3 Å². The minimum atomic E-state index is 0.128. The lowest BCUT2D eigenvalue weighted by Crippen LogP contribution is -2.26. The molecule has 0 aliphatic rings. The van der Waals surface area contributed by atoms with Gasteiger partial charge in [0.25, 0.3) is 0 Å². The van der Waals surface area contributed by atoms with Crippen LogP contribution >= 0.6 is 11.6 Å². The van der Waals surface area contributed by atoms with Gasteiger partial charge in [-0.15, -0.1) is 11.6 Å². The highest BCUT2D eigenvalue weighted by Crippen LogP contribution is 2.11. The van der Waals surface area contributed by atoms with Gasteiger partial charge in [0.05, 0.1) is 31.6 Å². The number of methoxy groups -OCH3 is 1. The normalized spacial score (nSPS) is 12.2. The van der Waals surface area contributed by atoms with Crippen molar-refractivity contribution in [2.75, 3.05) is 31.5 Å². The van der Waals surface area contributed by atoms with Gasteiger partial charge >= 0.3 is 0 Å². The van der Waals surface area contributed by atoms with Crippen LogP contribution in [0, 0.1) is 0 Å². The largest absolute Gasteiger partial charge is 0.477 e. The van der Waals surface area contributed by atoms with Crippen LogP contribution in [0.15, 0.2) is 12.4 Å². The van der Waals surface area contributed by atoms with Gasteiger partial charge in [-0.05, 0) is 13.3 Å². The smallest absolute Gasteiger partial charge is 0.234 e. The lowest BCUT2D eigenvalue weighted by molar-refractivity contribution is 0.184. The Morgan fingerprint density at radius 2 is 2.29 bits per heavy atom. The molecule has 1 aromatic heterocycles. The first-order chi connectivity index (χ1) is 8.30. The lowest BCUT2D eigenvalue weighted by atomic mass is 10.2. The van der Waals surface area contributed by atoms with Crippen molar-refractivity contribution in [1.29, 1.82) is 0 Å². The monoisotopic (exact) mass is 259 g/mol. The van der Waals surface area contributed by atoms with Crippen LogP contribution in [0.5, 0.6) is 5.88 Å². The zero-order chi connectivity index (χ0) is 12.5. The molecule has 1 unspecified atom stereocenters. The highest BCUT2D eigenvalue weighted by molar-refractivity contribution is 6.17.